The Hall–Kier alpha value is -1.87. The Kier molecular flexibility index (Phi) is 3.38. The summed E-state index contributed by atoms with van der Waals surface area (Å²) < 4.78 is 16.0. The highest BCUT2D eigenvalue weighted by Crippen LogP contribution is 2.43. The third kappa shape index (κ3) is 2.30. The van der Waals surface area contributed by atoms with E-state index in [0.717, 1.165) is 18.4 Å². The van der Waals surface area contributed by atoms with E-state index in [1.54, 1.807) is 16.4 Å². The molecule has 0 saturated heterocycles. The van der Waals surface area contributed by atoms with Crippen molar-refractivity contribution in [1.29, 1.82) is 5.26 Å². The quantitative estimate of drug-likeness (QED) is 0.867. The van der Waals surface area contributed by atoms with Gasteiger partial charge in [0.15, 0.2) is 12.0 Å². The number of aromatic nitrogens is 3. The zero-order chi connectivity index (χ0) is 15.1. The van der Waals surface area contributed by atoms with Crippen LogP contribution >= 0.6 is 11.8 Å². The molecular weight excluding hydrogens is 299 g/mol. The van der Waals surface area contributed by atoms with Crippen LogP contribution in [0.2, 0.25) is 0 Å². The molecule has 1 aromatic heterocycles. The van der Waals surface area contributed by atoms with Crippen LogP contribution in [0, 0.1) is 17.2 Å². The van der Waals surface area contributed by atoms with E-state index in [0.29, 0.717) is 22.7 Å². The maximum atomic E-state index is 14.2. The lowest BCUT2D eigenvalue weighted by Gasteiger charge is -2.28. The van der Waals surface area contributed by atoms with Gasteiger partial charge >= 0.3 is 0 Å². The molecule has 1 aliphatic carbocycles. The summed E-state index contributed by atoms with van der Waals surface area (Å²) >= 11 is 1.57. The van der Waals surface area contributed by atoms with E-state index in [9.17, 15) is 4.39 Å². The molecule has 0 radical (unpaired) electrons. The minimum Gasteiger partial charge on any atom is -0.239 e. The predicted octanol–water partition coefficient (Wildman–Crippen LogP) is 3.68. The highest BCUT2D eigenvalue weighted by atomic mass is 32.2. The smallest absolute Gasteiger partial charge is 0.209 e. The van der Waals surface area contributed by atoms with Crippen molar-refractivity contribution in [3.63, 3.8) is 0 Å². The highest BCUT2D eigenvalue weighted by Gasteiger charge is 2.37. The molecule has 1 aromatic carbocycles. The van der Waals surface area contributed by atoms with Crippen molar-refractivity contribution in [2.24, 2.45) is 5.92 Å². The van der Waals surface area contributed by atoms with E-state index in [2.05, 4.69) is 16.2 Å². The molecule has 2 atom stereocenters. The first kappa shape index (κ1) is 13.8. The van der Waals surface area contributed by atoms with Crippen LogP contribution in [0.1, 0.15) is 42.9 Å². The van der Waals surface area contributed by atoms with Crippen molar-refractivity contribution in [3.8, 4) is 6.07 Å². The van der Waals surface area contributed by atoms with Crippen LogP contribution in [0.25, 0.3) is 0 Å². The number of halogens is 1. The topological polar surface area (TPSA) is 54.5 Å². The van der Waals surface area contributed by atoms with E-state index < -0.39 is 6.17 Å². The summed E-state index contributed by atoms with van der Waals surface area (Å²) in [5.41, 5.74) is 1.07. The number of alkyl halides is 1. The highest BCUT2D eigenvalue weighted by molar-refractivity contribution is 7.99. The molecule has 6 heteroatoms. The average molecular weight is 314 g/mol. The summed E-state index contributed by atoms with van der Waals surface area (Å²) in [6, 6.07) is 12.1. The molecule has 2 aliphatic rings. The molecule has 1 saturated carbocycles. The number of hydrogen-bond donors (Lipinski definition) is 0. The Morgan fingerprint density at radius 1 is 1.23 bits per heavy atom. The second-order valence-corrected chi connectivity index (χ2v) is 7.13. The average Bonchev–Trinajstić information content (AvgIpc) is 3.04. The molecule has 0 unspecified atom stereocenters. The number of fused-ring (bicyclic) bond motifs is 1. The Labute approximate surface area is 132 Å². The van der Waals surface area contributed by atoms with Crippen molar-refractivity contribution in [3.05, 3.63) is 41.7 Å². The predicted molar refractivity (Wildman–Crippen MR) is 81.1 cm³/mol. The van der Waals surface area contributed by atoms with E-state index in [4.69, 9.17) is 5.26 Å². The van der Waals surface area contributed by atoms with E-state index >= 15 is 0 Å². The number of hydrogen-bond acceptors (Lipinski definition) is 4. The minimum atomic E-state index is -1.06. The van der Waals surface area contributed by atoms with Crippen molar-refractivity contribution < 1.29 is 4.39 Å². The molecule has 1 fully saturated rings. The maximum absolute atomic E-state index is 14.2. The van der Waals surface area contributed by atoms with Gasteiger partial charge in [-0.25, -0.2) is 14.1 Å². The van der Waals surface area contributed by atoms with E-state index in [1.165, 1.54) is 0 Å². The van der Waals surface area contributed by atoms with Gasteiger partial charge in [-0.1, -0.05) is 42.1 Å². The lowest BCUT2D eigenvalue weighted by Crippen LogP contribution is -2.24. The first-order chi connectivity index (χ1) is 10.7. The number of nitriles is 1. The second kappa shape index (κ2) is 5.40. The standard InChI is InChI=1S/C16H15FN4S/c17-13-8-14(11-4-2-1-3-5-11)21-15(13)19-16(20-21)22-12-6-10(7-12)9-18/h1-5,10,12-14H,6-8H2/t10?,12?,13-,14-/m0/s1. The van der Waals surface area contributed by atoms with E-state index in [-0.39, 0.29) is 12.0 Å². The fourth-order valence-corrected chi connectivity index (χ4v) is 4.31. The van der Waals surface area contributed by atoms with Gasteiger partial charge in [-0.2, -0.15) is 5.26 Å². The molecule has 0 spiro atoms. The van der Waals surface area contributed by atoms with Gasteiger partial charge in [0.05, 0.1) is 12.1 Å². The fourth-order valence-electron chi connectivity index (χ4n) is 3.08. The molecule has 112 valence electrons. The van der Waals surface area contributed by atoms with Gasteiger partial charge in [0.1, 0.15) is 0 Å². The summed E-state index contributed by atoms with van der Waals surface area (Å²) in [5.74, 6) is 0.602. The van der Waals surface area contributed by atoms with Crippen LogP contribution in [-0.2, 0) is 0 Å². The minimum absolute atomic E-state index is 0.0682. The number of benzene rings is 1. The summed E-state index contributed by atoms with van der Waals surface area (Å²) in [6.07, 6.45) is 1.11. The maximum Gasteiger partial charge on any atom is 0.209 e. The van der Waals surface area contributed by atoms with Gasteiger partial charge in [-0.05, 0) is 18.4 Å². The van der Waals surface area contributed by atoms with Crippen LogP contribution in [-0.4, -0.2) is 20.0 Å². The zero-order valence-electron chi connectivity index (χ0n) is 11.9. The largest absolute Gasteiger partial charge is 0.239 e. The van der Waals surface area contributed by atoms with Crippen molar-refractivity contribution in [2.45, 2.75) is 41.9 Å². The van der Waals surface area contributed by atoms with Crippen LogP contribution in [0.15, 0.2) is 35.5 Å². The van der Waals surface area contributed by atoms with Gasteiger partial charge in [-0.15, -0.1) is 5.10 Å². The van der Waals surface area contributed by atoms with E-state index in [1.807, 2.05) is 30.3 Å². The lowest BCUT2D eigenvalue weighted by molar-refractivity contribution is 0.327. The third-order valence-corrected chi connectivity index (χ3v) is 5.48. The monoisotopic (exact) mass is 314 g/mol. The molecule has 0 bridgehead atoms. The summed E-state index contributed by atoms with van der Waals surface area (Å²) in [5, 5.41) is 14.4. The molecule has 1 aliphatic heterocycles. The molecule has 0 N–H and O–H groups in total. The zero-order valence-corrected chi connectivity index (χ0v) is 12.7. The normalized spacial score (nSPS) is 29.6. The van der Waals surface area contributed by atoms with Gasteiger partial charge in [0.25, 0.3) is 0 Å². The van der Waals surface area contributed by atoms with Crippen LogP contribution < -0.4 is 0 Å². The van der Waals surface area contributed by atoms with Crippen LogP contribution in [0.3, 0.4) is 0 Å². The van der Waals surface area contributed by atoms with Crippen molar-refractivity contribution in [1.82, 2.24) is 14.8 Å². The van der Waals surface area contributed by atoms with Crippen LogP contribution in [0.4, 0.5) is 4.39 Å². The second-order valence-electron chi connectivity index (χ2n) is 5.86. The molecule has 2 heterocycles. The summed E-state index contributed by atoms with van der Waals surface area (Å²) in [6.45, 7) is 0. The third-order valence-electron chi connectivity index (χ3n) is 4.38. The molecule has 2 aromatic rings. The first-order valence-corrected chi connectivity index (χ1v) is 8.34. The number of rotatable bonds is 3. The summed E-state index contributed by atoms with van der Waals surface area (Å²) in [4.78, 5) is 4.38. The molecule has 4 rings (SSSR count). The van der Waals surface area contributed by atoms with Gasteiger partial charge in [0.2, 0.25) is 5.16 Å². The van der Waals surface area contributed by atoms with Crippen LogP contribution in [0.5, 0.6) is 0 Å². The Bertz CT molecular complexity index is 717. The molecular formula is C16H15FN4S. The SMILES string of the molecule is N#CC1CC(Sc2nc3n(n2)[C@H](c2ccccc2)C[C@@H]3F)C1. The summed E-state index contributed by atoms with van der Waals surface area (Å²) in [7, 11) is 0. The molecule has 22 heavy (non-hydrogen) atoms. The van der Waals surface area contributed by atoms with Crippen molar-refractivity contribution >= 4 is 11.8 Å². The fraction of sp³-hybridized carbons (Fsp3) is 0.438. The number of nitrogens with zero attached hydrogens (tertiary/aromatic N) is 4. The molecule has 0 amide bonds. The van der Waals surface area contributed by atoms with Gasteiger partial charge in [-0.3, -0.25) is 0 Å². The Balaban J connectivity index is 1.55. The Morgan fingerprint density at radius 3 is 2.73 bits per heavy atom. The first-order valence-electron chi connectivity index (χ1n) is 7.46. The van der Waals surface area contributed by atoms with Crippen molar-refractivity contribution in [2.75, 3.05) is 0 Å². The molecule has 4 nitrogen and oxygen atoms in total. The Morgan fingerprint density at radius 2 is 2.00 bits per heavy atom. The van der Waals surface area contributed by atoms with Gasteiger partial charge in [0, 0.05) is 17.6 Å². The lowest BCUT2D eigenvalue weighted by atomic mass is 9.86. The number of thioether (sulfide) groups is 1. The van der Waals surface area contributed by atoms with Gasteiger partial charge < -0.3 is 0 Å².